The molecule has 16 heteroatoms. The van der Waals surface area contributed by atoms with Crippen molar-refractivity contribution in [1.82, 2.24) is 47.0 Å². The summed E-state index contributed by atoms with van der Waals surface area (Å²) in [4.78, 5) is 81.3. The third kappa shape index (κ3) is 15.4. The Hall–Kier alpha value is -4.90. The fourth-order valence-corrected chi connectivity index (χ4v) is 6.63. The lowest BCUT2D eigenvalue weighted by Gasteiger charge is -2.25. The summed E-state index contributed by atoms with van der Waals surface area (Å²) >= 11 is 0. The van der Waals surface area contributed by atoms with Crippen LogP contribution in [-0.4, -0.2) is 147 Å². The van der Waals surface area contributed by atoms with Gasteiger partial charge in [-0.25, -0.2) is 4.79 Å². The lowest BCUT2D eigenvalue weighted by Crippen LogP contribution is -2.55. The number of hydrogen-bond acceptors (Lipinski definition) is 10. The van der Waals surface area contributed by atoms with Crippen molar-refractivity contribution in [1.29, 1.82) is 0 Å². The fourth-order valence-electron chi connectivity index (χ4n) is 6.63. The van der Waals surface area contributed by atoms with Crippen molar-refractivity contribution >= 4 is 35.5 Å². The molecule has 300 valence electrons. The molecule has 0 spiro atoms. The molecule has 5 amide bonds. The Bertz CT molecular complexity index is 1530. The van der Waals surface area contributed by atoms with Gasteiger partial charge < -0.3 is 47.2 Å². The van der Waals surface area contributed by atoms with Gasteiger partial charge in [0.25, 0.3) is 0 Å². The third-order valence-corrected chi connectivity index (χ3v) is 9.60. The molecule has 0 radical (unpaired) electrons. The predicted octanol–water partition coefficient (Wildman–Crippen LogP) is -1.39. The zero-order valence-electron chi connectivity index (χ0n) is 31.7. The van der Waals surface area contributed by atoms with E-state index in [4.69, 9.17) is 0 Å². The van der Waals surface area contributed by atoms with E-state index in [1.807, 2.05) is 12.1 Å². The molecular weight excluding hydrogens is 706 g/mol. The first kappa shape index (κ1) is 42.8. The maximum atomic E-state index is 13.5. The highest BCUT2D eigenvalue weighted by atomic mass is 16.4. The summed E-state index contributed by atoms with van der Waals surface area (Å²) < 4.78 is 0. The van der Waals surface area contributed by atoms with Crippen molar-refractivity contribution in [3.8, 4) is 0 Å². The molecule has 0 aliphatic carbocycles. The van der Waals surface area contributed by atoms with Gasteiger partial charge in [-0.15, -0.1) is 0 Å². The van der Waals surface area contributed by atoms with Crippen LogP contribution in [0, 0.1) is 0 Å². The summed E-state index contributed by atoms with van der Waals surface area (Å²) in [6, 6.07) is 14.3. The third-order valence-electron chi connectivity index (χ3n) is 9.60. The first-order valence-corrected chi connectivity index (χ1v) is 19.2. The Morgan fingerprint density at radius 3 is 1.96 bits per heavy atom. The van der Waals surface area contributed by atoms with Gasteiger partial charge in [0.05, 0.1) is 19.6 Å². The van der Waals surface area contributed by atoms with E-state index in [-0.39, 0.29) is 44.8 Å². The summed E-state index contributed by atoms with van der Waals surface area (Å²) in [7, 11) is 0. The van der Waals surface area contributed by atoms with Gasteiger partial charge in [-0.2, -0.15) is 0 Å². The molecular formula is C39H57N9O7. The van der Waals surface area contributed by atoms with Gasteiger partial charge in [-0.3, -0.25) is 28.9 Å². The molecule has 0 saturated carbocycles. The summed E-state index contributed by atoms with van der Waals surface area (Å²) in [6.45, 7) is 7.89. The lowest BCUT2D eigenvalue weighted by atomic mass is 10.0. The molecule has 2 heterocycles. The molecule has 0 aromatic heterocycles. The molecule has 2 aromatic carbocycles. The number of carboxylic acids is 1. The van der Waals surface area contributed by atoms with E-state index in [0.717, 1.165) is 69.8 Å². The van der Waals surface area contributed by atoms with E-state index < -0.39 is 53.8 Å². The Morgan fingerprint density at radius 1 is 0.727 bits per heavy atom. The van der Waals surface area contributed by atoms with Crippen molar-refractivity contribution in [3.63, 3.8) is 0 Å². The highest BCUT2D eigenvalue weighted by molar-refractivity contribution is 5.95. The zero-order chi connectivity index (χ0) is 39.4. The molecule has 0 bridgehead atoms. The van der Waals surface area contributed by atoms with Crippen LogP contribution in [0.15, 0.2) is 60.7 Å². The molecule has 2 saturated heterocycles. The van der Waals surface area contributed by atoms with E-state index in [1.165, 1.54) is 4.90 Å². The number of hydrogen-bond donors (Lipinski definition) is 8. The van der Waals surface area contributed by atoms with Gasteiger partial charge in [0.1, 0.15) is 18.1 Å². The lowest BCUT2D eigenvalue weighted by molar-refractivity contribution is -0.142. The minimum absolute atomic E-state index is 0.0525. The van der Waals surface area contributed by atoms with Gasteiger partial charge in [-0.05, 0) is 63.5 Å². The average molecular weight is 764 g/mol. The Balaban J connectivity index is 1.27. The molecule has 55 heavy (non-hydrogen) atoms. The van der Waals surface area contributed by atoms with Crippen LogP contribution in [0.3, 0.4) is 0 Å². The number of benzene rings is 2. The largest absolute Gasteiger partial charge is 0.480 e. The maximum absolute atomic E-state index is 13.5. The maximum Gasteiger partial charge on any atom is 0.326 e. The quantitative estimate of drug-likeness (QED) is 0.106. The Morgan fingerprint density at radius 2 is 1.33 bits per heavy atom. The van der Waals surface area contributed by atoms with E-state index in [1.54, 1.807) is 55.5 Å². The number of carboxylic acid groups (broad SMARTS) is 1. The fraction of sp³-hybridized carbons (Fsp3) is 0.538. The normalized spacial score (nSPS) is 20.0. The van der Waals surface area contributed by atoms with Crippen molar-refractivity contribution in [3.05, 3.63) is 71.8 Å². The van der Waals surface area contributed by atoms with Crippen molar-refractivity contribution in [2.75, 3.05) is 72.0 Å². The molecule has 2 fully saturated rings. The Kier molecular flexibility index (Phi) is 18.0. The van der Waals surface area contributed by atoms with E-state index >= 15 is 0 Å². The van der Waals surface area contributed by atoms with Gasteiger partial charge in [-0.1, -0.05) is 60.7 Å². The molecule has 2 aliphatic heterocycles. The molecule has 16 nitrogen and oxygen atoms in total. The van der Waals surface area contributed by atoms with Crippen LogP contribution >= 0.6 is 0 Å². The van der Waals surface area contributed by atoms with Crippen LogP contribution in [0.25, 0.3) is 0 Å². The topological polar surface area (TPSA) is 213 Å². The summed E-state index contributed by atoms with van der Waals surface area (Å²) in [5.74, 6) is -3.76. The van der Waals surface area contributed by atoms with Gasteiger partial charge in [0.15, 0.2) is 0 Å². The number of nitrogens with one attached hydrogen (secondary N) is 7. The molecule has 4 rings (SSSR count). The van der Waals surface area contributed by atoms with Crippen molar-refractivity contribution < 1.29 is 33.9 Å². The average Bonchev–Trinajstić information content (AvgIpc) is 3.42. The minimum Gasteiger partial charge on any atom is -0.480 e. The second kappa shape index (κ2) is 23.1. The molecule has 4 atom stereocenters. The monoisotopic (exact) mass is 763 g/mol. The second-order valence-corrected chi connectivity index (χ2v) is 14.1. The summed E-state index contributed by atoms with van der Waals surface area (Å²) in [5.41, 5.74) is 1.47. The highest BCUT2D eigenvalue weighted by Gasteiger charge is 2.39. The number of carbonyl (C=O) groups is 6. The van der Waals surface area contributed by atoms with E-state index in [9.17, 15) is 33.9 Å². The first-order chi connectivity index (χ1) is 26.6. The standard InChI is InChI=1S/C39H57N9O7/c1-28-22-32(45-34(49)25-43-35(50)26-47-20-9-16-41-18-17-40-14-8-15-42-19-21-47)38(53)48(28)27-36(51)44-31(23-29-10-4-2-5-11-29)37(52)46-33(39(54)55)24-30-12-6-3-7-13-30/h2-7,10-13,28,31-33,40-42H,8-9,14-27H2,1H3,(H,43,50)(H,44,51)(H,45,49)(H,46,52)(H,54,55)/t28?,31-,32?,33-/m0/s1. The number of aliphatic carboxylic acids is 1. The van der Waals surface area contributed by atoms with Crippen LogP contribution in [0.2, 0.25) is 0 Å². The van der Waals surface area contributed by atoms with Gasteiger partial charge in [0, 0.05) is 45.1 Å². The van der Waals surface area contributed by atoms with E-state index in [2.05, 4.69) is 42.1 Å². The van der Waals surface area contributed by atoms with Crippen LogP contribution in [-0.2, 0) is 41.6 Å². The van der Waals surface area contributed by atoms with Gasteiger partial charge in [0.2, 0.25) is 29.5 Å². The zero-order valence-corrected chi connectivity index (χ0v) is 31.7. The second-order valence-electron chi connectivity index (χ2n) is 14.1. The smallest absolute Gasteiger partial charge is 0.326 e. The number of carbonyl (C=O) groups excluding carboxylic acids is 5. The van der Waals surface area contributed by atoms with Crippen LogP contribution in [0.4, 0.5) is 0 Å². The van der Waals surface area contributed by atoms with Crippen LogP contribution in [0.1, 0.15) is 37.3 Å². The Labute approximate surface area is 322 Å². The highest BCUT2D eigenvalue weighted by Crippen LogP contribution is 2.19. The van der Waals surface area contributed by atoms with Crippen molar-refractivity contribution in [2.45, 2.75) is 63.2 Å². The molecule has 2 aromatic rings. The van der Waals surface area contributed by atoms with Crippen molar-refractivity contribution in [2.24, 2.45) is 0 Å². The van der Waals surface area contributed by atoms with Crippen LogP contribution < -0.4 is 37.2 Å². The van der Waals surface area contributed by atoms with Crippen LogP contribution in [0.5, 0.6) is 0 Å². The predicted molar refractivity (Wildman–Crippen MR) is 207 cm³/mol. The number of amides is 5. The molecule has 2 aliphatic rings. The first-order valence-electron chi connectivity index (χ1n) is 19.2. The molecule has 8 N–H and O–H groups in total. The number of nitrogens with zero attached hydrogens (tertiary/aromatic N) is 2. The van der Waals surface area contributed by atoms with Gasteiger partial charge >= 0.3 is 5.97 Å². The molecule has 2 unspecified atom stereocenters. The van der Waals surface area contributed by atoms with E-state index in [0.29, 0.717) is 6.54 Å². The number of likely N-dealkylation sites (tertiary alicyclic amines) is 1. The SMILES string of the molecule is CC1CC(NC(=O)CNC(=O)CN2CCCNCCNCCCNCC2)C(=O)N1CC(=O)N[C@@H](Cc1ccccc1)C(=O)N[C@@H](Cc1ccccc1)C(=O)O. The number of rotatable bonds is 15. The summed E-state index contributed by atoms with van der Waals surface area (Å²) in [6.07, 6.45) is 2.30. The summed E-state index contributed by atoms with van der Waals surface area (Å²) in [5, 5.41) is 30.7. The minimum atomic E-state index is -1.23.